The molecule has 0 fully saturated rings. The maximum absolute atomic E-state index is 13.3. The van der Waals surface area contributed by atoms with Gasteiger partial charge in [0, 0.05) is 11.1 Å². The van der Waals surface area contributed by atoms with Crippen LogP contribution in [0.5, 0.6) is 0 Å². The van der Waals surface area contributed by atoms with Gasteiger partial charge in [0.25, 0.3) is 5.91 Å². The van der Waals surface area contributed by atoms with Gasteiger partial charge in [-0.15, -0.1) is 0 Å². The van der Waals surface area contributed by atoms with Gasteiger partial charge in [-0.3, -0.25) is 4.79 Å². The van der Waals surface area contributed by atoms with Gasteiger partial charge in [0.2, 0.25) is 0 Å². The van der Waals surface area contributed by atoms with Gasteiger partial charge in [0.1, 0.15) is 31.2 Å². The summed E-state index contributed by atoms with van der Waals surface area (Å²) in [5.74, 6) is 1.13. The summed E-state index contributed by atoms with van der Waals surface area (Å²) in [5, 5.41) is 2.78. The van der Waals surface area contributed by atoms with Crippen LogP contribution >= 0.6 is 0 Å². The van der Waals surface area contributed by atoms with Gasteiger partial charge in [0.15, 0.2) is 11.5 Å². The van der Waals surface area contributed by atoms with Crippen LogP contribution in [0.1, 0.15) is 33.2 Å². The van der Waals surface area contributed by atoms with Gasteiger partial charge in [0.05, 0.1) is 12.8 Å². The van der Waals surface area contributed by atoms with Crippen molar-refractivity contribution in [1.82, 2.24) is 5.32 Å². The Bertz CT molecular complexity index is 1090. The zero-order valence-electron chi connectivity index (χ0n) is 17.0. The lowest BCUT2D eigenvalue weighted by Gasteiger charge is -2.19. The normalized spacial score (nSPS) is 11.9. The van der Waals surface area contributed by atoms with E-state index in [-0.39, 0.29) is 17.5 Å². The maximum atomic E-state index is 13.3. The second kappa shape index (κ2) is 9.91. The summed E-state index contributed by atoms with van der Waals surface area (Å²) in [6, 6.07) is 23.8. The summed E-state index contributed by atoms with van der Waals surface area (Å²) in [5.41, 5.74) is 2.23. The molecular weight excluding hydrogens is 395 g/mol. The van der Waals surface area contributed by atoms with E-state index in [1.54, 1.807) is 36.6 Å². The highest BCUT2D eigenvalue weighted by Gasteiger charge is 2.17. The van der Waals surface area contributed by atoms with Crippen LogP contribution in [0, 0.1) is 5.82 Å². The number of furan rings is 2. The molecule has 0 aliphatic heterocycles. The number of hydrogen-bond acceptors (Lipinski definition) is 3. The number of amides is 1. The van der Waals surface area contributed by atoms with Crippen molar-refractivity contribution in [3.8, 4) is 0 Å². The van der Waals surface area contributed by atoms with Crippen LogP contribution in [-0.2, 0) is 26.2 Å². The van der Waals surface area contributed by atoms with Crippen molar-refractivity contribution in [3.63, 3.8) is 0 Å². The summed E-state index contributed by atoms with van der Waals surface area (Å²) in [7, 11) is 0. The molecule has 0 aliphatic rings. The molecule has 1 unspecified atom stereocenters. The fourth-order valence-corrected chi connectivity index (χ4v) is 3.47. The molecule has 0 saturated carbocycles. The zero-order chi connectivity index (χ0) is 21.5. The van der Waals surface area contributed by atoms with Crippen molar-refractivity contribution < 1.29 is 22.9 Å². The fraction of sp³-hybridized carbons (Fsp3) is 0.160. The lowest BCUT2D eigenvalue weighted by Crippen LogP contribution is -3.08. The Labute approximate surface area is 180 Å². The lowest BCUT2D eigenvalue weighted by molar-refractivity contribution is -0.942. The molecule has 0 aliphatic carbocycles. The van der Waals surface area contributed by atoms with Crippen LogP contribution in [-0.4, -0.2) is 5.91 Å². The van der Waals surface area contributed by atoms with Crippen LogP contribution in [0.3, 0.4) is 0 Å². The Morgan fingerprint density at radius 3 is 2.26 bits per heavy atom. The number of hydrogen-bond donors (Lipinski definition) is 2. The van der Waals surface area contributed by atoms with E-state index in [9.17, 15) is 9.18 Å². The van der Waals surface area contributed by atoms with E-state index >= 15 is 0 Å². The average Bonchev–Trinajstić information content (AvgIpc) is 3.47. The third-order valence-corrected chi connectivity index (χ3v) is 4.98. The molecule has 6 heteroatoms. The van der Waals surface area contributed by atoms with Crippen molar-refractivity contribution >= 4 is 5.91 Å². The molecule has 4 aromatic rings. The second-order valence-electron chi connectivity index (χ2n) is 7.42. The summed E-state index contributed by atoms with van der Waals surface area (Å²) < 4.78 is 24.3. The van der Waals surface area contributed by atoms with E-state index in [1.807, 2.05) is 24.3 Å². The number of quaternary nitrogens is 1. The van der Waals surface area contributed by atoms with Gasteiger partial charge in [-0.25, -0.2) is 4.39 Å². The van der Waals surface area contributed by atoms with Gasteiger partial charge >= 0.3 is 0 Å². The van der Waals surface area contributed by atoms with Crippen molar-refractivity contribution in [2.45, 2.75) is 26.2 Å². The highest BCUT2D eigenvalue weighted by Crippen LogP contribution is 2.09. The second-order valence-corrected chi connectivity index (χ2v) is 7.42. The van der Waals surface area contributed by atoms with Crippen molar-refractivity contribution in [2.75, 3.05) is 0 Å². The monoisotopic (exact) mass is 419 g/mol. The SMILES string of the molecule is O=C(NCc1ccco1)c1ccc(C[NH+](Cc2ccccc2)Cc2ccc(F)cc2)o1. The van der Waals surface area contributed by atoms with E-state index < -0.39 is 0 Å². The Kier molecular flexibility index (Phi) is 6.59. The molecule has 1 atom stereocenters. The van der Waals surface area contributed by atoms with Crippen molar-refractivity contribution in [1.29, 1.82) is 0 Å². The van der Waals surface area contributed by atoms with Crippen LogP contribution in [0.15, 0.2) is 94.0 Å². The highest BCUT2D eigenvalue weighted by molar-refractivity contribution is 5.91. The van der Waals surface area contributed by atoms with Crippen molar-refractivity contribution in [3.05, 3.63) is 119 Å². The zero-order valence-corrected chi connectivity index (χ0v) is 17.0. The number of carbonyl (C=O) groups excluding carboxylic acids is 1. The Morgan fingerprint density at radius 1 is 0.806 bits per heavy atom. The number of carbonyl (C=O) groups is 1. The highest BCUT2D eigenvalue weighted by atomic mass is 19.1. The molecule has 0 spiro atoms. The minimum atomic E-state index is -0.286. The minimum Gasteiger partial charge on any atom is -0.467 e. The predicted octanol–water partition coefficient (Wildman–Crippen LogP) is 3.73. The molecule has 31 heavy (non-hydrogen) atoms. The van der Waals surface area contributed by atoms with Crippen molar-refractivity contribution in [2.24, 2.45) is 0 Å². The van der Waals surface area contributed by atoms with Gasteiger partial charge in [-0.2, -0.15) is 0 Å². The molecule has 5 nitrogen and oxygen atoms in total. The van der Waals surface area contributed by atoms with E-state index in [4.69, 9.17) is 8.83 Å². The smallest absolute Gasteiger partial charge is 0.287 e. The van der Waals surface area contributed by atoms with Gasteiger partial charge < -0.3 is 19.1 Å². The lowest BCUT2D eigenvalue weighted by atomic mass is 10.1. The number of rotatable bonds is 9. The minimum absolute atomic E-state index is 0.246. The largest absolute Gasteiger partial charge is 0.467 e. The molecule has 158 valence electrons. The Hall–Kier alpha value is -3.64. The van der Waals surface area contributed by atoms with Gasteiger partial charge in [-0.1, -0.05) is 42.5 Å². The maximum Gasteiger partial charge on any atom is 0.287 e. The van der Waals surface area contributed by atoms with Crippen LogP contribution in [0.4, 0.5) is 4.39 Å². The predicted molar refractivity (Wildman–Crippen MR) is 114 cm³/mol. The third-order valence-electron chi connectivity index (χ3n) is 4.98. The van der Waals surface area contributed by atoms with Crippen LogP contribution < -0.4 is 10.2 Å². The molecule has 2 N–H and O–H groups in total. The van der Waals surface area contributed by atoms with E-state index in [2.05, 4.69) is 17.4 Å². The molecule has 0 radical (unpaired) electrons. The number of nitrogens with one attached hydrogen (secondary N) is 2. The first-order valence-electron chi connectivity index (χ1n) is 10.2. The molecule has 2 aromatic heterocycles. The van der Waals surface area contributed by atoms with Crippen LogP contribution in [0.2, 0.25) is 0 Å². The Balaban J connectivity index is 1.43. The molecule has 2 heterocycles. The van der Waals surface area contributed by atoms with E-state index in [0.717, 1.165) is 17.9 Å². The summed E-state index contributed by atoms with van der Waals surface area (Å²) in [4.78, 5) is 13.6. The quantitative estimate of drug-likeness (QED) is 0.435. The molecule has 1 amide bonds. The number of halogens is 1. The van der Waals surface area contributed by atoms with E-state index in [0.29, 0.717) is 25.4 Å². The first kappa shape index (κ1) is 20.6. The number of benzene rings is 2. The first-order valence-corrected chi connectivity index (χ1v) is 10.2. The topological polar surface area (TPSA) is 59.8 Å². The van der Waals surface area contributed by atoms with Crippen LogP contribution in [0.25, 0.3) is 0 Å². The fourth-order valence-electron chi connectivity index (χ4n) is 3.47. The third kappa shape index (κ3) is 5.93. The first-order chi connectivity index (χ1) is 15.2. The summed E-state index contributed by atoms with van der Waals surface area (Å²) in [6.07, 6.45) is 1.57. The van der Waals surface area contributed by atoms with E-state index in [1.165, 1.54) is 22.6 Å². The summed E-state index contributed by atoms with van der Waals surface area (Å²) >= 11 is 0. The molecule has 0 saturated heterocycles. The Morgan fingerprint density at radius 2 is 1.55 bits per heavy atom. The molecule has 0 bridgehead atoms. The standard InChI is InChI=1S/C25H23FN2O3/c26-21-10-8-20(9-11-21)17-28(16-19-5-2-1-3-6-19)18-23-12-13-24(31-23)25(29)27-15-22-7-4-14-30-22/h1-14H,15-18H2,(H,27,29)/p+1. The average molecular weight is 419 g/mol. The summed E-state index contributed by atoms with van der Waals surface area (Å²) in [6.45, 7) is 2.38. The van der Waals surface area contributed by atoms with Gasteiger partial charge in [-0.05, 0) is 36.4 Å². The molecule has 4 rings (SSSR count). The molecular formula is C25H24FN2O3+. The molecule has 2 aromatic carbocycles.